The Kier molecular flexibility index (Phi) is 7.63. The topological polar surface area (TPSA) is 114 Å². The van der Waals surface area contributed by atoms with Crippen LogP contribution in [0.25, 0.3) is 0 Å². The zero-order valence-electron chi connectivity index (χ0n) is 13.9. The van der Waals surface area contributed by atoms with Crippen LogP contribution in [0.15, 0.2) is 17.5 Å². The molecule has 0 unspecified atom stereocenters. The molecule has 0 saturated carbocycles. The number of carboxylic acid groups (broad SMARTS) is 1. The Morgan fingerprint density at radius 3 is 2.62 bits per heavy atom. The lowest BCUT2D eigenvalue weighted by Gasteiger charge is -2.15. The maximum absolute atomic E-state index is 11.7. The van der Waals surface area contributed by atoms with E-state index in [0.717, 1.165) is 0 Å². The van der Waals surface area contributed by atoms with Crippen molar-refractivity contribution < 1.29 is 19.4 Å². The van der Waals surface area contributed by atoms with Gasteiger partial charge in [-0.05, 0) is 13.3 Å². The largest absolute Gasteiger partial charge is 0.481 e. The van der Waals surface area contributed by atoms with Gasteiger partial charge in [-0.2, -0.15) is 17.7 Å². The predicted molar refractivity (Wildman–Crippen MR) is 92.4 cm³/mol. The summed E-state index contributed by atoms with van der Waals surface area (Å²) in [6, 6.07) is 0. The molecular weight excluding hydrogens is 332 g/mol. The molecule has 0 spiro atoms. The van der Waals surface area contributed by atoms with Crippen molar-refractivity contribution in [3.05, 3.63) is 18.1 Å². The fourth-order valence-corrected chi connectivity index (χ4v) is 1.76. The molecule has 0 aliphatic carbocycles. The molecule has 8 nitrogen and oxygen atoms in total. The molecule has 2 N–H and O–H groups in total. The molecule has 1 aromatic heterocycles. The molecule has 0 aliphatic heterocycles. The summed E-state index contributed by atoms with van der Waals surface area (Å²) in [6.45, 7) is 5.63. The van der Waals surface area contributed by atoms with Crippen molar-refractivity contribution in [2.75, 3.05) is 6.61 Å². The lowest BCUT2D eigenvalue weighted by molar-refractivity contribution is -0.137. The molecule has 0 aliphatic rings. The number of aromatic nitrogens is 2. The van der Waals surface area contributed by atoms with E-state index in [2.05, 4.69) is 33.1 Å². The van der Waals surface area contributed by atoms with Crippen molar-refractivity contribution >= 4 is 30.2 Å². The lowest BCUT2D eigenvalue weighted by atomic mass is 10.1. The summed E-state index contributed by atoms with van der Waals surface area (Å²) in [7, 11) is 0. The summed E-state index contributed by atoms with van der Waals surface area (Å²) < 4.78 is 4.88. The van der Waals surface area contributed by atoms with Gasteiger partial charge in [-0.15, -0.1) is 0 Å². The van der Waals surface area contributed by atoms with Crippen molar-refractivity contribution in [2.24, 2.45) is 5.10 Å². The zero-order chi connectivity index (χ0) is 18.2. The Bertz CT molecular complexity index is 596. The van der Waals surface area contributed by atoms with Gasteiger partial charge in [0, 0.05) is 17.6 Å². The van der Waals surface area contributed by atoms with Gasteiger partial charge in [-0.25, -0.2) is 15.4 Å². The van der Waals surface area contributed by atoms with Crippen LogP contribution in [0.2, 0.25) is 0 Å². The van der Waals surface area contributed by atoms with E-state index in [1.165, 1.54) is 12.4 Å². The smallest absolute Gasteiger partial charge is 0.303 e. The van der Waals surface area contributed by atoms with E-state index in [9.17, 15) is 9.59 Å². The predicted octanol–water partition coefficient (Wildman–Crippen LogP) is 1.66. The first kappa shape index (κ1) is 19.9. The Morgan fingerprint density at radius 1 is 1.38 bits per heavy atom. The number of hydrogen-bond acceptors (Lipinski definition) is 7. The van der Waals surface area contributed by atoms with Gasteiger partial charge in [0.25, 0.3) is 0 Å². The van der Waals surface area contributed by atoms with Gasteiger partial charge in [-0.1, -0.05) is 13.8 Å². The number of carboxylic acids is 1. The van der Waals surface area contributed by atoms with Crippen LogP contribution < -0.4 is 10.2 Å². The number of aliphatic carboxylic acids is 1. The molecule has 0 radical (unpaired) electrons. The number of rotatable bonds is 9. The number of nitrogens with one attached hydrogen (secondary N) is 1. The maximum atomic E-state index is 11.7. The van der Waals surface area contributed by atoms with Crippen molar-refractivity contribution in [3.8, 4) is 5.88 Å². The number of nitrogens with zero attached hydrogens (tertiary/aromatic N) is 3. The molecule has 132 valence electrons. The minimum absolute atomic E-state index is 0.0417. The quantitative estimate of drug-likeness (QED) is 0.269. The van der Waals surface area contributed by atoms with E-state index in [-0.39, 0.29) is 25.4 Å². The summed E-state index contributed by atoms with van der Waals surface area (Å²) in [4.78, 5) is 30.3. The molecule has 0 aromatic carbocycles. The maximum Gasteiger partial charge on any atom is 0.303 e. The van der Waals surface area contributed by atoms with E-state index in [1.54, 1.807) is 6.92 Å². The van der Waals surface area contributed by atoms with Crippen molar-refractivity contribution in [1.82, 2.24) is 15.4 Å². The summed E-state index contributed by atoms with van der Waals surface area (Å²) in [5.74, 6) is -0.797. The third kappa shape index (κ3) is 8.47. The molecule has 0 fully saturated rings. The number of ether oxygens (including phenoxy) is 1. The average Bonchev–Trinajstić information content (AvgIpc) is 2.48. The first-order chi connectivity index (χ1) is 11.2. The van der Waals surface area contributed by atoms with Gasteiger partial charge in [0.05, 0.1) is 24.7 Å². The molecule has 24 heavy (non-hydrogen) atoms. The second-order valence-corrected chi connectivity index (χ2v) is 7.02. The van der Waals surface area contributed by atoms with Crippen LogP contribution in [0, 0.1) is 0 Å². The van der Waals surface area contributed by atoms with Crippen LogP contribution in [0.1, 0.15) is 45.7 Å². The van der Waals surface area contributed by atoms with Crippen molar-refractivity contribution in [1.29, 1.82) is 0 Å². The molecule has 0 atom stereocenters. The van der Waals surface area contributed by atoms with Crippen LogP contribution in [-0.4, -0.2) is 44.0 Å². The molecule has 0 bridgehead atoms. The number of thiol groups is 1. The summed E-state index contributed by atoms with van der Waals surface area (Å²) in [5, 5.41) is 12.5. The van der Waals surface area contributed by atoms with Crippen LogP contribution >= 0.6 is 12.6 Å². The molecule has 1 rings (SSSR count). The number of amides is 1. The first-order valence-corrected chi connectivity index (χ1v) is 7.84. The van der Waals surface area contributed by atoms with E-state index < -0.39 is 10.7 Å². The second-order valence-electron chi connectivity index (χ2n) is 5.81. The first-order valence-electron chi connectivity index (χ1n) is 7.40. The molecule has 0 saturated heterocycles. The van der Waals surface area contributed by atoms with Crippen LogP contribution in [-0.2, 0) is 9.59 Å². The van der Waals surface area contributed by atoms with Crippen molar-refractivity contribution in [3.63, 3.8) is 0 Å². The van der Waals surface area contributed by atoms with E-state index in [4.69, 9.17) is 9.84 Å². The normalized spacial score (nSPS) is 11.9. The minimum atomic E-state index is -0.866. The second kappa shape index (κ2) is 9.21. The lowest BCUT2D eigenvalue weighted by Crippen LogP contribution is -2.26. The number of carbonyl (C=O) groups is 2. The Morgan fingerprint density at radius 2 is 2.08 bits per heavy atom. The highest BCUT2D eigenvalue weighted by Crippen LogP contribution is 2.16. The third-order valence-corrected chi connectivity index (χ3v) is 2.88. The SMILES string of the molecule is C/C(=N/NC(=O)CC(C)(C)S)c1cnc(OCCCC(=O)O)cn1. The number of hydrazone groups is 1. The van der Waals surface area contributed by atoms with Crippen LogP contribution in [0.3, 0.4) is 0 Å². The van der Waals surface area contributed by atoms with Crippen molar-refractivity contribution in [2.45, 2.75) is 44.8 Å². The Balaban J connectivity index is 2.50. The number of hydrogen-bond donors (Lipinski definition) is 3. The van der Waals surface area contributed by atoms with Gasteiger partial charge in [0.15, 0.2) is 0 Å². The highest BCUT2D eigenvalue weighted by molar-refractivity contribution is 7.81. The third-order valence-electron chi connectivity index (χ3n) is 2.73. The van der Waals surface area contributed by atoms with Gasteiger partial charge < -0.3 is 9.84 Å². The van der Waals surface area contributed by atoms with Crippen LogP contribution in [0.4, 0.5) is 0 Å². The van der Waals surface area contributed by atoms with E-state index in [1.807, 2.05) is 13.8 Å². The van der Waals surface area contributed by atoms with Gasteiger partial charge >= 0.3 is 5.97 Å². The molecule has 1 amide bonds. The molecule has 1 heterocycles. The number of carbonyl (C=O) groups excluding carboxylic acids is 1. The molecule has 9 heteroatoms. The van der Waals surface area contributed by atoms with Gasteiger partial charge in [-0.3, -0.25) is 9.59 Å². The van der Waals surface area contributed by atoms with Crippen LogP contribution in [0.5, 0.6) is 5.88 Å². The van der Waals surface area contributed by atoms with E-state index >= 15 is 0 Å². The summed E-state index contributed by atoms with van der Waals surface area (Å²) in [6.07, 6.45) is 3.57. The highest BCUT2D eigenvalue weighted by atomic mass is 32.1. The molecule has 1 aromatic rings. The van der Waals surface area contributed by atoms with E-state index in [0.29, 0.717) is 23.7 Å². The standard InChI is InChI=1S/C15H22N4O4S/c1-10(18-19-12(20)7-15(2,3)24)11-8-17-13(9-16-11)23-6-4-5-14(21)22/h8-9,24H,4-7H2,1-3H3,(H,19,20)(H,21,22)/b18-10-. The fourth-order valence-electron chi connectivity index (χ4n) is 1.61. The average molecular weight is 354 g/mol. The fraction of sp³-hybridized carbons (Fsp3) is 0.533. The van der Waals surface area contributed by atoms with Gasteiger partial charge in [0.1, 0.15) is 5.69 Å². The molecular formula is C15H22N4O4S. The zero-order valence-corrected chi connectivity index (χ0v) is 14.8. The summed E-state index contributed by atoms with van der Waals surface area (Å²) in [5.41, 5.74) is 3.45. The summed E-state index contributed by atoms with van der Waals surface area (Å²) >= 11 is 4.29. The highest BCUT2D eigenvalue weighted by Gasteiger charge is 2.16. The van der Waals surface area contributed by atoms with Gasteiger partial charge in [0.2, 0.25) is 11.8 Å². The minimum Gasteiger partial charge on any atom is -0.481 e. The Hall–Kier alpha value is -2.16. The monoisotopic (exact) mass is 354 g/mol. The Labute approximate surface area is 146 Å².